The highest BCUT2D eigenvalue weighted by atomic mass is 35.5. The van der Waals surface area contributed by atoms with Crippen LogP contribution < -0.4 is 0 Å². The first kappa shape index (κ1) is 18.5. The topological polar surface area (TPSA) is 56.1 Å². The van der Waals surface area contributed by atoms with Crippen LogP contribution in [0.2, 0.25) is 5.02 Å². The van der Waals surface area contributed by atoms with Gasteiger partial charge in [0.15, 0.2) is 0 Å². The number of ketones is 1. The van der Waals surface area contributed by atoms with E-state index in [1.54, 1.807) is 19.1 Å². The zero-order valence-electron chi connectivity index (χ0n) is 13.2. The van der Waals surface area contributed by atoms with Crippen LogP contribution in [-0.4, -0.2) is 24.3 Å². The van der Waals surface area contributed by atoms with Crippen molar-refractivity contribution in [1.29, 1.82) is 0 Å². The van der Waals surface area contributed by atoms with Gasteiger partial charge in [-0.3, -0.25) is 4.79 Å². The minimum Gasteiger partial charge on any atom is -0.284 e. The number of carbonyl (C=O) groups excluding carboxylic acids is 1. The van der Waals surface area contributed by atoms with E-state index in [9.17, 15) is 26.4 Å². The Kier molecular flexibility index (Phi) is 4.36. The summed E-state index contributed by atoms with van der Waals surface area (Å²) >= 11 is 5.96. The van der Waals surface area contributed by atoms with Crippen LogP contribution in [0.4, 0.5) is 13.2 Å². The molecule has 26 heavy (non-hydrogen) atoms. The lowest BCUT2D eigenvalue weighted by Gasteiger charge is -2.08. The molecule has 0 aliphatic heterocycles. The molecular weight excluding hydrogens is 391 g/mol. The van der Waals surface area contributed by atoms with E-state index in [4.69, 9.17) is 11.6 Å². The summed E-state index contributed by atoms with van der Waals surface area (Å²) in [6.45, 7) is 1.77. The van der Waals surface area contributed by atoms with Gasteiger partial charge in [0.05, 0.1) is 21.0 Å². The first-order chi connectivity index (χ1) is 12.0. The van der Waals surface area contributed by atoms with E-state index in [1.165, 1.54) is 30.3 Å². The van der Waals surface area contributed by atoms with E-state index >= 15 is 0 Å². The summed E-state index contributed by atoms with van der Waals surface area (Å²) in [6.07, 6.45) is -4.49. The maximum Gasteiger partial charge on any atom is 0.454 e. The Hall–Kier alpha value is -2.32. The van der Waals surface area contributed by atoms with Crippen molar-refractivity contribution in [3.63, 3.8) is 0 Å². The van der Waals surface area contributed by atoms with Gasteiger partial charge < -0.3 is 0 Å². The molecule has 3 rings (SSSR count). The number of aromatic nitrogens is 1. The highest BCUT2D eigenvalue weighted by molar-refractivity contribution is 7.90. The van der Waals surface area contributed by atoms with E-state index in [0.29, 0.717) is 10.2 Å². The smallest absolute Gasteiger partial charge is 0.284 e. The van der Waals surface area contributed by atoms with Crippen LogP contribution in [0.3, 0.4) is 0 Å². The maximum absolute atomic E-state index is 12.9. The number of hydrogen-bond acceptors (Lipinski definition) is 3. The lowest BCUT2D eigenvalue weighted by atomic mass is 10.1. The Morgan fingerprint density at radius 3 is 2.27 bits per heavy atom. The fraction of sp³-hybridized carbons (Fsp3) is 0.118. The van der Waals surface area contributed by atoms with Crippen LogP contribution in [0, 0.1) is 6.92 Å². The zero-order chi connectivity index (χ0) is 19.3. The summed E-state index contributed by atoms with van der Waals surface area (Å²) in [7, 11) is -4.22. The number of rotatable bonds is 3. The molecule has 3 aromatic rings. The average molecular weight is 402 g/mol. The number of Topliss-reactive ketones (excluding diaryl/α,β-unsaturated/α-hetero) is 1. The van der Waals surface area contributed by atoms with Crippen LogP contribution in [-0.2, 0) is 10.0 Å². The van der Waals surface area contributed by atoms with Gasteiger partial charge in [-0.15, -0.1) is 0 Å². The first-order valence-corrected chi connectivity index (χ1v) is 9.08. The van der Waals surface area contributed by atoms with Crippen LogP contribution in [0.25, 0.3) is 10.9 Å². The van der Waals surface area contributed by atoms with Gasteiger partial charge in [0.1, 0.15) is 0 Å². The number of nitrogens with zero attached hydrogens (tertiary/aromatic N) is 1. The van der Waals surface area contributed by atoms with Crippen LogP contribution in [0.15, 0.2) is 53.6 Å². The zero-order valence-corrected chi connectivity index (χ0v) is 14.8. The Morgan fingerprint density at radius 1 is 1.08 bits per heavy atom. The van der Waals surface area contributed by atoms with Crippen molar-refractivity contribution in [2.75, 3.05) is 0 Å². The molecule has 9 heteroatoms. The SMILES string of the molecule is Cc1ccc(S(=O)(=O)n2cc(C(=O)C(F)(F)F)c3c(Cl)cccc32)cc1. The van der Waals surface area contributed by atoms with Crippen molar-refractivity contribution >= 4 is 38.3 Å². The Balaban J connectivity index is 2.33. The molecule has 0 aliphatic carbocycles. The number of alkyl halides is 3. The van der Waals surface area contributed by atoms with Crippen molar-refractivity contribution in [3.05, 3.63) is 64.8 Å². The molecular formula is C17H11ClF3NO3S. The summed E-state index contributed by atoms with van der Waals surface area (Å²) in [5.74, 6) is -2.16. The summed E-state index contributed by atoms with van der Waals surface area (Å²) < 4.78 is 65.2. The highest BCUT2D eigenvalue weighted by Crippen LogP contribution is 2.34. The molecule has 0 unspecified atom stereocenters. The van der Waals surface area contributed by atoms with Crippen molar-refractivity contribution in [2.24, 2.45) is 0 Å². The van der Waals surface area contributed by atoms with E-state index in [0.717, 1.165) is 5.56 Å². The molecule has 0 amide bonds. The molecule has 136 valence electrons. The van der Waals surface area contributed by atoms with Gasteiger partial charge in [0.2, 0.25) is 0 Å². The lowest BCUT2D eigenvalue weighted by molar-refractivity contribution is -0.0884. The van der Waals surface area contributed by atoms with Crippen LogP contribution in [0.5, 0.6) is 0 Å². The Labute approximate surface area is 151 Å². The number of fused-ring (bicyclic) bond motifs is 1. The summed E-state index contributed by atoms with van der Waals surface area (Å²) in [6, 6.07) is 9.78. The Morgan fingerprint density at radius 2 is 1.69 bits per heavy atom. The van der Waals surface area contributed by atoms with E-state index < -0.39 is 27.5 Å². The third-order valence-electron chi connectivity index (χ3n) is 3.82. The molecule has 4 nitrogen and oxygen atoms in total. The number of benzene rings is 2. The summed E-state index contributed by atoms with van der Waals surface area (Å²) in [5, 5.41) is -0.403. The Bertz CT molecular complexity index is 1120. The molecule has 0 fully saturated rings. The van der Waals surface area contributed by atoms with Crippen LogP contribution in [0.1, 0.15) is 15.9 Å². The number of halogens is 4. The molecule has 1 aromatic heterocycles. The van der Waals surface area contributed by atoms with Gasteiger partial charge in [-0.1, -0.05) is 35.4 Å². The monoisotopic (exact) mass is 401 g/mol. The standard InChI is InChI=1S/C17H11ClF3NO3S/c1-10-5-7-11(8-6-10)26(24,25)22-9-12(16(23)17(19,20)21)15-13(18)3-2-4-14(15)22/h2-9H,1H3. The van der Waals surface area contributed by atoms with E-state index in [1.807, 2.05) is 0 Å². The van der Waals surface area contributed by atoms with Gasteiger partial charge in [0, 0.05) is 11.6 Å². The second kappa shape index (κ2) is 6.14. The third kappa shape index (κ3) is 2.99. The van der Waals surface area contributed by atoms with Crippen molar-refractivity contribution < 1.29 is 26.4 Å². The van der Waals surface area contributed by atoms with Gasteiger partial charge in [-0.25, -0.2) is 12.4 Å². The number of aryl methyl sites for hydroxylation is 1. The molecule has 0 N–H and O–H groups in total. The fourth-order valence-electron chi connectivity index (χ4n) is 2.56. The summed E-state index contributed by atoms with van der Waals surface area (Å²) in [4.78, 5) is 11.6. The molecule has 2 aromatic carbocycles. The van der Waals surface area contributed by atoms with E-state index in [2.05, 4.69) is 0 Å². The molecule has 0 spiro atoms. The maximum atomic E-state index is 12.9. The largest absolute Gasteiger partial charge is 0.454 e. The number of hydrogen-bond donors (Lipinski definition) is 0. The highest BCUT2D eigenvalue weighted by Gasteiger charge is 2.42. The molecule has 0 saturated heterocycles. The fourth-order valence-corrected chi connectivity index (χ4v) is 4.20. The first-order valence-electron chi connectivity index (χ1n) is 7.27. The van der Waals surface area contributed by atoms with Gasteiger partial charge in [0.25, 0.3) is 15.8 Å². The van der Waals surface area contributed by atoms with E-state index in [-0.39, 0.29) is 20.8 Å². The molecule has 0 radical (unpaired) electrons. The third-order valence-corrected chi connectivity index (χ3v) is 5.83. The predicted molar refractivity (Wildman–Crippen MR) is 91.1 cm³/mol. The molecule has 0 bridgehead atoms. The van der Waals surface area contributed by atoms with Crippen molar-refractivity contribution in [1.82, 2.24) is 3.97 Å². The summed E-state index contributed by atoms with van der Waals surface area (Å²) in [5.41, 5.74) is -0.100. The second-order valence-corrected chi connectivity index (χ2v) is 7.84. The van der Waals surface area contributed by atoms with Gasteiger partial charge in [-0.2, -0.15) is 13.2 Å². The molecule has 0 aliphatic rings. The van der Waals surface area contributed by atoms with Gasteiger partial charge >= 0.3 is 6.18 Å². The van der Waals surface area contributed by atoms with Crippen LogP contribution >= 0.6 is 11.6 Å². The normalized spacial score (nSPS) is 12.5. The second-order valence-electron chi connectivity index (χ2n) is 5.62. The molecule has 0 saturated carbocycles. The predicted octanol–water partition coefficient (Wildman–Crippen LogP) is 4.59. The number of carbonyl (C=O) groups is 1. The lowest BCUT2D eigenvalue weighted by Crippen LogP contribution is -2.22. The average Bonchev–Trinajstić information content (AvgIpc) is 2.95. The van der Waals surface area contributed by atoms with Crippen molar-refractivity contribution in [2.45, 2.75) is 18.0 Å². The minimum absolute atomic E-state index is 0.106. The molecule has 1 heterocycles. The minimum atomic E-state index is -5.16. The van der Waals surface area contributed by atoms with Crippen molar-refractivity contribution in [3.8, 4) is 0 Å². The van der Waals surface area contributed by atoms with Gasteiger partial charge in [-0.05, 0) is 31.2 Å². The quantitative estimate of drug-likeness (QED) is 0.603. The molecule has 0 atom stereocenters.